The van der Waals surface area contributed by atoms with Crippen LogP contribution in [0.25, 0.3) is 10.9 Å². The molecule has 98 valence electrons. The molecule has 2 heterocycles. The lowest BCUT2D eigenvalue weighted by atomic mass is 10.1. The Morgan fingerprint density at radius 3 is 2.85 bits per heavy atom. The van der Waals surface area contributed by atoms with Gasteiger partial charge in [-0.2, -0.15) is 0 Å². The Labute approximate surface area is 114 Å². The van der Waals surface area contributed by atoms with Crippen LogP contribution in [0.1, 0.15) is 10.4 Å². The van der Waals surface area contributed by atoms with Gasteiger partial charge in [0.25, 0.3) is 11.5 Å². The smallest absolute Gasteiger partial charge is 0.261 e. The number of fused-ring (bicyclic) bond motifs is 1. The average Bonchev–Trinajstić information content (AvgIpc) is 2.48. The molecule has 20 heavy (non-hydrogen) atoms. The van der Waals surface area contributed by atoms with E-state index in [1.54, 1.807) is 30.5 Å². The van der Waals surface area contributed by atoms with Crippen molar-refractivity contribution < 1.29 is 4.79 Å². The van der Waals surface area contributed by atoms with E-state index in [0.717, 1.165) is 10.9 Å². The summed E-state index contributed by atoms with van der Waals surface area (Å²) in [6, 6.07) is 12.2. The molecule has 1 aromatic carbocycles. The number of carbonyl (C=O) groups is 1. The first-order valence-corrected chi connectivity index (χ1v) is 6.08. The molecule has 3 rings (SSSR count). The molecule has 0 aliphatic carbocycles. The van der Waals surface area contributed by atoms with Crippen molar-refractivity contribution in [3.8, 4) is 0 Å². The van der Waals surface area contributed by atoms with Crippen LogP contribution < -0.4 is 10.9 Å². The fraction of sp³-hybridized carbons (Fsp3) is 0. The number of nitrogens with zero attached hydrogens (tertiary/aromatic N) is 1. The quantitative estimate of drug-likeness (QED) is 0.745. The zero-order valence-electron chi connectivity index (χ0n) is 10.5. The van der Waals surface area contributed by atoms with Crippen LogP contribution in [-0.4, -0.2) is 15.9 Å². The molecule has 5 heteroatoms. The number of hydrogen-bond acceptors (Lipinski definition) is 3. The lowest BCUT2D eigenvalue weighted by Crippen LogP contribution is -2.22. The Kier molecular flexibility index (Phi) is 3.01. The third-order valence-electron chi connectivity index (χ3n) is 2.96. The number of pyridine rings is 2. The second-order valence-electron chi connectivity index (χ2n) is 4.24. The third-order valence-corrected chi connectivity index (χ3v) is 2.96. The molecular formula is C15H11N3O2. The van der Waals surface area contributed by atoms with E-state index < -0.39 is 11.5 Å². The van der Waals surface area contributed by atoms with Crippen LogP contribution in [0.3, 0.4) is 0 Å². The maximum atomic E-state index is 12.1. The summed E-state index contributed by atoms with van der Waals surface area (Å²) in [5, 5.41) is 3.57. The Morgan fingerprint density at radius 2 is 2.00 bits per heavy atom. The summed E-state index contributed by atoms with van der Waals surface area (Å²) in [6.07, 6.45) is 3.18. The first-order chi connectivity index (χ1) is 9.75. The summed E-state index contributed by atoms with van der Waals surface area (Å²) in [5.74, 6) is -0.441. The molecule has 0 saturated heterocycles. The number of aromatic amines is 1. The van der Waals surface area contributed by atoms with Gasteiger partial charge in [-0.1, -0.05) is 6.07 Å². The van der Waals surface area contributed by atoms with E-state index in [0.29, 0.717) is 5.69 Å². The van der Waals surface area contributed by atoms with Gasteiger partial charge in [-0.05, 0) is 36.4 Å². The summed E-state index contributed by atoms with van der Waals surface area (Å²) in [5.41, 5.74) is 1.08. The molecule has 0 atom stereocenters. The molecule has 2 aromatic heterocycles. The summed E-state index contributed by atoms with van der Waals surface area (Å²) >= 11 is 0. The van der Waals surface area contributed by atoms with Crippen LogP contribution in [-0.2, 0) is 0 Å². The Morgan fingerprint density at radius 1 is 1.10 bits per heavy atom. The van der Waals surface area contributed by atoms with E-state index in [4.69, 9.17) is 0 Å². The fourth-order valence-electron chi connectivity index (χ4n) is 2.00. The van der Waals surface area contributed by atoms with E-state index in [-0.39, 0.29) is 5.56 Å². The lowest BCUT2D eigenvalue weighted by Gasteiger charge is -2.07. The number of anilines is 1. The summed E-state index contributed by atoms with van der Waals surface area (Å²) in [6.45, 7) is 0. The number of rotatable bonds is 2. The van der Waals surface area contributed by atoms with Gasteiger partial charge in [0.15, 0.2) is 0 Å². The van der Waals surface area contributed by atoms with Crippen molar-refractivity contribution in [2.24, 2.45) is 0 Å². The first-order valence-electron chi connectivity index (χ1n) is 6.08. The van der Waals surface area contributed by atoms with E-state index >= 15 is 0 Å². The molecule has 0 radical (unpaired) electrons. The fourth-order valence-corrected chi connectivity index (χ4v) is 2.00. The van der Waals surface area contributed by atoms with Gasteiger partial charge in [0.2, 0.25) is 0 Å². The highest BCUT2D eigenvalue weighted by Gasteiger charge is 2.11. The van der Waals surface area contributed by atoms with Crippen molar-refractivity contribution in [2.45, 2.75) is 0 Å². The van der Waals surface area contributed by atoms with E-state index in [2.05, 4.69) is 15.3 Å². The molecule has 0 spiro atoms. The highest BCUT2D eigenvalue weighted by Crippen LogP contribution is 2.21. The van der Waals surface area contributed by atoms with Crippen LogP contribution in [0.5, 0.6) is 0 Å². The Bertz CT molecular complexity index is 834. The van der Waals surface area contributed by atoms with Crippen LogP contribution >= 0.6 is 0 Å². The third kappa shape index (κ3) is 2.16. The molecule has 5 nitrogen and oxygen atoms in total. The zero-order chi connectivity index (χ0) is 13.9. The van der Waals surface area contributed by atoms with Gasteiger partial charge in [-0.3, -0.25) is 14.6 Å². The number of nitrogens with one attached hydrogen (secondary N) is 2. The van der Waals surface area contributed by atoms with Crippen LogP contribution in [0.4, 0.5) is 5.69 Å². The molecule has 3 aromatic rings. The summed E-state index contributed by atoms with van der Waals surface area (Å²) in [7, 11) is 0. The summed E-state index contributed by atoms with van der Waals surface area (Å²) < 4.78 is 0. The van der Waals surface area contributed by atoms with Gasteiger partial charge in [0, 0.05) is 17.8 Å². The topological polar surface area (TPSA) is 74.8 Å². The number of hydrogen-bond donors (Lipinski definition) is 2. The second-order valence-corrected chi connectivity index (χ2v) is 4.24. The molecule has 1 amide bonds. The predicted molar refractivity (Wildman–Crippen MR) is 76.8 cm³/mol. The highest BCUT2D eigenvalue weighted by atomic mass is 16.2. The van der Waals surface area contributed by atoms with E-state index in [9.17, 15) is 9.59 Å². The largest absolute Gasteiger partial charge is 0.328 e. The minimum Gasteiger partial charge on any atom is -0.328 e. The maximum Gasteiger partial charge on any atom is 0.261 e. The van der Waals surface area contributed by atoms with Gasteiger partial charge in [-0.25, -0.2) is 0 Å². The minimum absolute atomic E-state index is 0.0772. The lowest BCUT2D eigenvalue weighted by molar-refractivity contribution is 0.102. The predicted octanol–water partition coefficient (Wildman–Crippen LogP) is 2.18. The molecule has 0 saturated carbocycles. The van der Waals surface area contributed by atoms with Gasteiger partial charge in [0.1, 0.15) is 5.56 Å². The van der Waals surface area contributed by atoms with E-state index in [1.807, 2.05) is 12.1 Å². The van der Waals surface area contributed by atoms with Crippen molar-refractivity contribution in [1.29, 1.82) is 0 Å². The Hall–Kier alpha value is -2.95. The standard InChI is InChI=1S/C15H11N3O2/c19-14-11(5-3-9-17-14)15(20)18-13-7-1-6-12-10(13)4-2-8-16-12/h1-9H,(H,17,19)(H,18,20). The minimum atomic E-state index is -0.441. The van der Waals surface area contributed by atoms with Crippen LogP contribution in [0, 0.1) is 0 Å². The average molecular weight is 265 g/mol. The zero-order valence-corrected chi connectivity index (χ0v) is 10.5. The maximum absolute atomic E-state index is 12.1. The molecule has 0 aliphatic heterocycles. The number of benzene rings is 1. The van der Waals surface area contributed by atoms with Crippen molar-refractivity contribution in [1.82, 2.24) is 9.97 Å². The number of aromatic nitrogens is 2. The normalized spacial score (nSPS) is 10.4. The monoisotopic (exact) mass is 265 g/mol. The van der Waals surface area contributed by atoms with Gasteiger partial charge >= 0.3 is 0 Å². The number of H-pyrrole nitrogens is 1. The first kappa shape index (κ1) is 12.1. The Balaban J connectivity index is 2.00. The molecule has 0 aliphatic rings. The van der Waals surface area contributed by atoms with Gasteiger partial charge < -0.3 is 10.3 Å². The summed E-state index contributed by atoms with van der Waals surface area (Å²) in [4.78, 5) is 30.4. The molecule has 0 unspecified atom stereocenters. The molecular weight excluding hydrogens is 254 g/mol. The molecule has 0 fully saturated rings. The van der Waals surface area contributed by atoms with Crippen molar-refractivity contribution in [3.05, 3.63) is 70.8 Å². The second kappa shape index (κ2) is 4.97. The number of carbonyl (C=O) groups excluding carboxylic acids is 1. The van der Waals surface area contributed by atoms with Crippen LogP contribution in [0.2, 0.25) is 0 Å². The van der Waals surface area contributed by atoms with Crippen LogP contribution in [0.15, 0.2) is 59.7 Å². The molecule has 2 N–H and O–H groups in total. The SMILES string of the molecule is O=C(Nc1cccc2ncccc12)c1ccc[nH]c1=O. The number of amides is 1. The van der Waals surface area contributed by atoms with Gasteiger partial charge in [0.05, 0.1) is 11.2 Å². The van der Waals surface area contributed by atoms with Crippen molar-refractivity contribution in [2.75, 3.05) is 5.32 Å². The molecule has 0 bridgehead atoms. The highest BCUT2D eigenvalue weighted by molar-refractivity contribution is 6.08. The van der Waals surface area contributed by atoms with Crippen molar-refractivity contribution in [3.63, 3.8) is 0 Å². The van der Waals surface area contributed by atoms with E-state index in [1.165, 1.54) is 12.3 Å². The van der Waals surface area contributed by atoms with Gasteiger partial charge in [-0.15, -0.1) is 0 Å². The van der Waals surface area contributed by atoms with Crippen molar-refractivity contribution >= 4 is 22.5 Å².